The predicted octanol–water partition coefficient (Wildman–Crippen LogP) is 3.62. The lowest BCUT2D eigenvalue weighted by atomic mass is 10.0. The van der Waals surface area contributed by atoms with E-state index >= 15 is 0 Å². The van der Waals surface area contributed by atoms with Crippen LogP contribution in [0.4, 0.5) is 5.69 Å². The number of amides is 1. The largest absolute Gasteiger partial charge is 0.346 e. The highest BCUT2D eigenvalue weighted by atomic mass is 16.1. The van der Waals surface area contributed by atoms with Crippen LogP contribution in [0.15, 0.2) is 48.8 Å². The number of aromatic amines is 1. The van der Waals surface area contributed by atoms with Crippen molar-refractivity contribution in [2.24, 2.45) is 5.73 Å². The van der Waals surface area contributed by atoms with Gasteiger partial charge >= 0.3 is 0 Å². The summed E-state index contributed by atoms with van der Waals surface area (Å²) < 4.78 is 0. The van der Waals surface area contributed by atoms with Crippen molar-refractivity contribution in [1.82, 2.24) is 9.97 Å². The zero-order chi connectivity index (χ0) is 16.2. The number of pyridine rings is 1. The van der Waals surface area contributed by atoms with E-state index in [1.54, 1.807) is 18.5 Å². The van der Waals surface area contributed by atoms with Crippen LogP contribution in [0.3, 0.4) is 0 Å². The lowest BCUT2D eigenvalue weighted by Crippen LogP contribution is -2.13. The van der Waals surface area contributed by atoms with Crippen LogP contribution in [-0.4, -0.2) is 15.9 Å². The van der Waals surface area contributed by atoms with Crippen molar-refractivity contribution in [2.45, 2.75) is 25.8 Å². The van der Waals surface area contributed by atoms with Gasteiger partial charge in [-0.1, -0.05) is 25.5 Å². The Bertz CT molecular complexity index is 807. The van der Waals surface area contributed by atoms with E-state index in [-0.39, 0.29) is 11.9 Å². The average Bonchev–Trinajstić information content (AvgIpc) is 3.05. The van der Waals surface area contributed by atoms with Gasteiger partial charge in [0.25, 0.3) is 5.91 Å². The van der Waals surface area contributed by atoms with E-state index in [9.17, 15) is 4.79 Å². The molecular formula is C18H20N4O. The molecule has 1 aromatic carbocycles. The summed E-state index contributed by atoms with van der Waals surface area (Å²) in [4.78, 5) is 19.7. The average molecular weight is 308 g/mol. The van der Waals surface area contributed by atoms with Crippen molar-refractivity contribution in [1.29, 1.82) is 0 Å². The highest BCUT2D eigenvalue weighted by Crippen LogP contribution is 2.21. The fourth-order valence-electron chi connectivity index (χ4n) is 2.62. The van der Waals surface area contributed by atoms with E-state index in [1.807, 2.05) is 30.3 Å². The smallest absolute Gasteiger partial charge is 0.255 e. The summed E-state index contributed by atoms with van der Waals surface area (Å²) in [6.07, 6.45) is 5.45. The summed E-state index contributed by atoms with van der Waals surface area (Å²) in [5.41, 5.74) is 9.26. The number of H-pyrrole nitrogens is 1. The molecule has 0 aliphatic carbocycles. The third-order valence-electron chi connectivity index (χ3n) is 3.91. The molecule has 0 bridgehead atoms. The Labute approximate surface area is 134 Å². The molecular weight excluding hydrogens is 288 g/mol. The van der Waals surface area contributed by atoms with E-state index in [0.717, 1.165) is 35.1 Å². The molecule has 3 aromatic rings. The molecule has 0 aliphatic heterocycles. The van der Waals surface area contributed by atoms with Gasteiger partial charge in [-0.2, -0.15) is 0 Å². The molecule has 118 valence electrons. The fourth-order valence-corrected chi connectivity index (χ4v) is 2.62. The van der Waals surface area contributed by atoms with Crippen LogP contribution in [0.25, 0.3) is 11.0 Å². The lowest BCUT2D eigenvalue weighted by molar-refractivity contribution is 0.102. The second kappa shape index (κ2) is 6.62. The summed E-state index contributed by atoms with van der Waals surface area (Å²) in [5, 5.41) is 3.82. The maximum atomic E-state index is 12.4. The molecule has 0 spiro atoms. The van der Waals surface area contributed by atoms with Gasteiger partial charge in [0, 0.05) is 29.4 Å². The van der Waals surface area contributed by atoms with Crippen LogP contribution < -0.4 is 11.1 Å². The Morgan fingerprint density at radius 3 is 2.78 bits per heavy atom. The van der Waals surface area contributed by atoms with Gasteiger partial charge in [-0.05, 0) is 36.2 Å². The molecule has 0 saturated heterocycles. The fraction of sp³-hybridized carbons (Fsp3) is 0.222. The minimum Gasteiger partial charge on any atom is -0.346 e. The standard InChI is InChI=1S/C18H20N4O/c1-2-3-15(19)12-4-6-13(7-5-12)18(23)22-16-9-11-21-17-14(16)8-10-20-17/h4-11,15H,2-3,19H2,1H3,(H2,20,21,22,23). The van der Waals surface area contributed by atoms with Crippen LogP contribution in [-0.2, 0) is 0 Å². The molecule has 2 heterocycles. The first-order valence-electron chi connectivity index (χ1n) is 7.78. The molecule has 0 saturated carbocycles. The SMILES string of the molecule is CCCC(N)c1ccc(C(=O)Nc2ccnc3[nH]ccc23)cc1. The number of fused-ring (bicyclic) bond motifs is 1. The van der Waals surface area contributed by atoms with E-state index < -0.39 is 0 Å². The zero-order valence-corrected chi connectivity index (χ0v) is 13.0. The quantitative estimate of drug-likeness (QED) is 0.673. The van der Waals surface area contributed by atoms with Crippen LogP contribution in [0.2, 0.25) is 0 Å². The number of aromatic nitrogens is 2. The molecule has 5 nitrogen and oxygen atoms in total. The van der Waals surface area contributed by atoms with Crippen molar-refractivity contribution < 1.29 is 4.79 Å². The van der Waals surface area contributed by atoms with Crippen molar-refractivity contribution in [3.8, 4) is 0 Å². The third kappa shape index (κ3) is 3.24. The Balaban J connectivity index is 1.77. The van der Waals surface area contributed by atoms with Crippen molar-refractivity contribution in [3.63, 3.8) is 0 Å². The normalized spacial score (nSPS) is 12.3. The molecule has 1 atom stereocenters. The number of carbonyl (C=O) groups excluding carboxylic acids is 1. The molecule has 2 aromatic heterocycles. The highest BCUT2D eigenvalue weighted by Gasteiger charge is 2.10. The molecule has 23 heavy (non-hydrogen) atoms. The molecule has 1 unspecified atom stereocenters. The molecule has 4 N–H and O–H groups in total. The monoisotopic (exact) mass is 308 g/mol. The molecule has 3 rings (SSSR count). The van der Waals surface area contributed by atoms with Crippen LogP contribution in [0, 0.1) is 0 Å². The predicted molar refractivity (Wildman–Crippen MR) is 92.3 cm³/mol. The molecule has 5 heteroatoms. The lowest BCUT2D eigenvalue weighted by Gasteiger charge is -2.11. The van der Waals surface area contributed by atoms with Gasteiger partial charge in [-0.25, -0.2) is 4.98 Å². The van der Waals surface area contributed by atoms with E-state index in [1.165, 1.54) is 0 Å². The van der Waals surface area contributed by atoms with Gasteiger partial charge in [-0.3, -0.25) is 4.79 Å². The third-order valence-corrected chi connectivity index (χ3v) is 3.91. The van der Waals surface area contributed by atoms with Gasteiger partial charge in [0.15, 0.2) is 0 Å². The van der Waals surface area contributed by atoms with Crippen molar-refractivity contribution >= 4 is 22.6 Å². The maximum absolute atomic E-state index is 12.4. The van der Waals surface area contributed by atoms with E-state index in [4.69, 9.17) is 5.73 Å². The van der Waals surface area contributed by atoms with Crippen molar-refractivity contribution in [2.75, 3.05) is 5.32 Å². The summed E-state index contributed by atoms with van der Waals surface area (Å²) in [7, 11) is 0. The Kier molecular flexibility index (Phi) is 4.39. The second-order valence-corrected chi connectivity index (χ2v) is 5.57. The topological polar surface area (TPSA) is 83.8 Å². The zero-order valence-electron chi connectivity index (χ0n) is 13.0. The molecule has 0 fully saturated rings. The van der Waals surface area contributed by atoms with Gasteiger partial charge in [0.2, 0.25) is 0 Å². The van der Waals surface area contributed by atoms with Gasteiger partial charge < -0.3 is 16.0 Å². The van der Waals surface area contributed by atoms with Crippen molar-refractivity contribution in [3.05, 3.63) is 59.9 Å². The van der Waals surface area contributed by atoms with Crippen LogP contribution in [0.5, 0.6) is 0 Å². The first kappa shape index (κ1) is 15.2. The first-order chi connectivity index (χ1) is 11.2. The summed E-state index contributed by atoms with van der Waals surface area (Å²) in [5.74, 6) is -0.144. The number of benzene rings is 1. The number of hydrogen-bond donors (Lipinski definition) is 3. The minimum atomic E-state index is -0.144. The minimum absolute atomic E-state index is 0.0248. The molecule has 0 radical (unpaired) electrons. The summed E-state index contributed by atoms with van der Waals surface area (Å²) in [6.45, 7) is 2.11. The number of nitrogens with one attached hydrogen (secondary N) is 2. The Morgan fingerprint density at radius 2 is 2.04 bits per heavy atom. The summed E-state index contributed by atoms with van der Waals surface area (Å²) >= 11 is 0. The highest BCUT2D eigenvalue weighted by molar-refractivity contribution is 6.08. The number of nitrogens with two attached hydrogens (primary N) is 1. The van der Waals surface area contributed by atoms with Gasteiger partial charge in [-0.15, -0.1) is 0 Å². The molecule has 1 amide bonds. The first-order valence-corrected chi connectivity index (χ1v) is 7.78. The van der Waals surface area contributed by atoms with Gasteiger partial charge in [0.1, 0.15) is 5.65 Å². The van der Waals surface area contributed by atoms with E-state index in [0.29, 0.717) is 5.56 Å². The van der Waals surface area contributed by atoms with Gasteiger partial charge in [0.05, 0.1) is 5.69 Å². The Morgan fingerprint density at radius 1 is 1.26 bits per heavy atom. The number of anilines is 1. The number of hydrogen-bond acceptors (Lipinski definition) is 3. The number of rotatable bonds is 5. The maximum Gasteiger partial charge on any atom is 0.255 e. The second-order valence-electron chi connectivity index (χ2n) is 5.57. The number of carbonyl (C=O) groups is 1. The van der Waals surface area contributed by atoms with Crippen LogP contribution >= 0.6 is 0 Å². The molecule has 0 aliphatic rings. The van der Waals surface area contributed by atoms with Crippen LogP contribution in [0.1, 0.15) is 41.7 Å². The Hall–Kier alpha value is -2.66. The number of nitrogens with zero attached hydrogens (tertiary/aromatic N) is 1. The summed E-state index contributed by atoms with van der Waals surface area (Å²) in [6, 6.07) is 11.2. The van der Waals surface area contributed by atoms with E-state index in [2.05, 4.69) is 22.2 Å².